The van der Waals surface area contributed by atoms with Crippen LogP contribution in [0.2, 0.25) is 0 Å². The maximum atomic E-state index is 4.04. The molecule has 2 heteroatoms. The van der Waals surface area contributed by atoms with Gasteiger partial charge in [0.15, 0.2) is 0 Å². The maximum absolute atomic E-state index is 4.04. The molecule has 1 heterocycles. The molecular formula is C8H14N2. The van der Waals surface area contributed by atoms with Gasteiger partial charge in [0, 0.05) is 18.4 Å². The third-order valence-corrected chi connectivity index (χ3v) is 1.48. The number of aromatic nitrogens is 2. The van der Waals surface area contributed by atoms with Crippen molar-refractivity contribution < 1.29 is 0 Å². The molecule has 10 heavy (non-hydrogen) atoms. The lowest BCUT2D eigenvalue weighted by molar-refractivity contribution is 0.515. The normalized spacial score (nSPS) is 10.8. The molecule has 0 saturated heterocycles. The second-order valence-corrected chi connectivity index (χ2v) is 3.08. The average Bonchev–Trinajstić information content (AvgIpc) is 2.15. The van der Waals surface area contributed by atoms with Crippen molar-refractivity contribution in [2.45, 2.75) is 27.3 Å². The van der Waals surface area contributed by atoms with Crippen LogP contribution in [0.15, 0.2) is 12.5 Å². The molecule has 56 valence electrons. The predicted octanol–water partition coefficient (Wildman–Crippen LogP) is 1.85. The summed E-state index contributed by atoms with van der Waals surface area (Å²) in [6.07, 6.45) is 3.78. The summed E-state index contributed by atoms with van der Waals surface area (Å²) in [7, 11) is 0. The summed E-state index contributed by atoms with van der Waals surface area (Å²) in [5.74, 6) is 0.702. The van der Waals surface area contributed by atoms with Crippen LogP contribution in [-0.4, -0.2) is 9.55 Å². The number of hydrogen-bond donors (Lipinski definition) is 0. The molecular weight excluding hydrogens is 124 g/mol. The van der Waals surface area contributed by atoms with E-state index in [1.165, 1.54) is 5.69 Å². The molecule has 1 aromatic rings. The van der Waals surface area contributed by atoms with Crippen molar-refractivity contribution >= 4 is 0 Å². The molecule has 0 N–H and O–H groups in total. The fraction of sp³-hybridized carbons (Fsp3) is 0.625. The SMILES string of the molecule is Cc1cncn1CC(C)C. The molecule has 0 aliphatic carbocycles. The molecule has 1 rings (SSSR count). The van der Waals surface area contributed by atoms with E-state index in [0.29, 0.717) is 5.92 Å². The van der Waals surface area contributed by atoms with Gasteiger partial charge < -0.3 is 4.57 Å². The van der Waals surface area contributed by atoms with Crippen molar-refractivity contribution in [3.8, 4) is 0 Å². The van der Waals surface area contributed by atoms with Crippen molar-refractivity contribution in [1.82, 2.24) is 9.55 Å². The Balaban J connectivity index is 2.65. The smallest absolute Gasteiger partial charge is 0.0948 e. The molecule has 0 unspecified atom stereocenters. The van der Waals surface area contributed by atoms with Crippen LogP contribution in [0.1, 0.15) is 19.5 Å². The number of rotatable bonds is 2. The van der Waals surface area contributed by atoms with E-state index in [1.54, 1.807) is 0 Å². The number of aryl methyl sites for hydroxylation is 1. The zero-order valence-electron chi connectivity index (χ0n) is 6.83. The Morgan fingerprint density at radius 2 is 2.30 bits per heavy atom. The molecule has 0 aromatic carbocycles. The van der Waals surface area contributed by atoms with Gasteiger partial charge in [-0.2, -0.15) is 0 Å². The van der Waals surface area contributed by atoms with Gasteiger partial charge in [0.25, 0.3) is 0 Å². The topological polar surface area (TPSA) is 17.8 Å². The first-order chi connectivity index (χ1) is 4.70. The lowest BCUT2D eigenvalue weighted by atomic mass is 10.2. The predicted molar refractivity (Wildman–Crippen MR) is 41.8 cm³/mol. The minimum absolute atomic E-state index is 0.702. The molecule has 2 nitrogen and oxygen atoms in total. The first kappa shape index (κ1) is 7.32. The van der Waals surface area contributed by atoms with Gasteiger partial charge in [0.05, 0.1) is 6.33 Å². The zero-order valence-corrected chi connectivity index (χ0v) is 6.83. The summed E-state index contributed by atoms with van der Waals surface area (Å²) in [4.78, 5) is 4.04. The largest absolute Gasteiger partial charge is 0.335 e. The highest BCUT2D eigenvalue weighted by Gasteiger charge is 1.97. The summed E-state index contributed by atoms with van der Waals surface area (Å²) in [5, 5.41) is 0. The molecule has 0 aliphatic rings. The zero-order chi connectivity index (χ0) is 7.56. The molecule has 0 bridgehead atoms. The number of imidazole rings is 1. The molecule has 0 spiro atoms. The van der Waals surface area contributed by atoms with Crippen LogP contribution in [0.3, 0.4) is 0 Å². The standard InChI is InChI=1S/C8H14N2/c1-7(2)5-10-6-9-4-8(10)3/h4,6-7H,5H2,1-3H3. The van der Waals surface area contributed by atoms with Crippen LogP contribution in [0.5, 0.6) is 0 Å². The molecule has 0 aliphatic heterocycles. The highest BCUT2D eigenvalue weighted by atomic mass is 15.0. The van der Waals surface area contributed by atoms with Crippen molar-refractivity contribution in [2.24, 2.45) is 5.92 Å². The summed E-state index contributed by atoms with van der Waals surface area (Å²) in [6, 6.07) is 0. The van der Waals surface area contributed by atoms with Crippen LogP contribution in [0.4, 0.5) is 0 Å². The van der Waals surface area contributed by atoms with Gasteiger partial charge in [-0.25, -0.2) is 4.98 Å². The monoisotopic (exact) mass is 138 g/mol. The summed E-state index contributed by atoms with van der Waals surface area (Å²) >= 11 is 0. The first-order valence-electron chi connectivity index (χ1n) is 3.67. The average molecular weight is 138 g/mol. The Labute approximate surface area is 61.9 Å². The summed E-state index contributed by atoms with van der Waals surface area (Å²) in [6.45, 7) is 7.57. The Morgan fingerprint density at radius 3 is 2.70 bits per heavy atom. The second-order valence-electron chi connectivity index (χ2n) is 3.08. The number of hydrogen-bond acceptors (Lipinski definition) is 1. The van der Waals surface area contributed by atoms with Crippen LogP contribution in [0.25, 0.3) is 0 Å². The van der Waals surface area contributed by atoms with Crippen molar-refractivity contribution in [1.29, 1.82) is 0 Å². The van der Waals surface area contributed by atoms with E-state index in [0.717, 1.165) is 6.54 Å². The summed E-state index contributed by atoms with van der Waals surface area (Å²) < 4.78 is 2.17. The van der Waals surface area contributed by atoms with E-state index in [9.17, 15) is 0 Å². The van der Waals surface area contributed by atoms with Crippen molar-refractivity contribution in [3.63, 3.8) is 0 Å². The van der Waals surface area contributed by atoms with Gasteiger partial charge in [-0.3, -0.25) is 0 Å². The highest BCUT2D eigenvalue weighted by Crippen LogP contribution is 2.01. The van der Waals surface area contributed by atoms with Crippen LogP contribution >= 0.6 is 0 Å². The first-order valence-corrected chi connectivity index (χ1v) is 3.67. The number of nitrogens with zero attached hydrogens (tertiary/aromatic N) is 2. The van der Waals surface area contributed by atoms with Gasteiger partial charge in [0.1, 0.15) is 0 Å². The quantitative estimate of drug-likeness (QED) is 0.609. The Bertz CT molecular complexity index is 201. The lowest BCUT2D eigenvalue weighted by Crippen LogP contribution is -2.04. The van der Waals surface area contributed by atoms with Crippen molar-refractivity contribution in [2.75, 3.05) is 0 Å². The molecule has 0 fully saturated rings. The molecule has 1 aromatic heterocycles. The molecule has 0 saturated carbocycles. The van der Waals surface area contributed by atoms with Crippen LogP contribution < -0.4 is 0 Å². The molecule has 0 radical (unpaired) electrons. The van der Waals surface area contributed by atoms with Crippen molar-refractivity contribution in [3.05, 3.63) is 18.2 Å². The van der Waals surface area contributed by atoms with Gasteiger partial charge in [-0.1, -0.05) is 13.8 Å². The Morgan fingerprint density at radius 1 is 1.60 bits per heavy atom. The maximum Gasteiger partial charge on any atom is 0.0948 e. The highest BCUT2D eigenvalue weighted by molar-refractivity contribution is 4.93. The van der Waals surface area contributed by atoms with E-state index >= 15 is 0 Å². The third kappa shape index (κ3) is 1.59. The van der Waals surface area contributed by atoms with Gasteiger partial charge in [0.2, 0.25) is 0 Å². The van der Waals surface area contributed by atoms with Gasteiger partial charge >= 0.3 is 0 Å². The second kappa shape index (κ2) is 2.86. The van der Waals surface area contributed by atoms with Crippen LogP contribution in [-0.2, 0) is 6.54 Å². The van der Waals surface area contributed by atoms with E-state index in [2.05, 4.69) is 30.3 Å². The van der Waals surface area contributed by atoms with Crippen LogP contribution in [0, 0.1) is 12.8 Å². The van der Waals surface area contributed by atoms with E-state index < -0.39 is 0 Å². The summed E-state index contributed by atoms with van der Waals surface area (Å²) in [5.41, 5.74) is 1.24. The fourth-order valence-electron chi connectivity index (χ4n) is 0.971. The lowest BCUT2D eigenvalue weighted by Gasteiger charge is -2.06. The minimum atomic E-state index is 0.702. The minimum Gasteiger partial charge on any atom is -0.335 e. The molecule has 0 atom stereocenters. The van der Waals surface area contributed by atoms with E-state index in [4.69, 9.17) is 0 Å². The van der Waals surface area contributed by atoms with Gasteiger partial charge in [-0.05, 0) is 12.8 Å². The van der Waals surface area contributed by atoms with Gasteiger partial charge in [-0.15, -0.1) is 0 Å². The molecule has 0 amide bonds. The Kier molecular flexibility index (Phi) is 2.10. The Hall–Kier alpha value is -0.790. The van der Waals surface area contributed by atoms with E-state index in [1.807, 2.05) is 12.5 Å². The third-order valence-electron chi connectivity index (χ3n) is 1.48. The fourth-order valence-corrected chi connectivity index (χ4v) is 0.971. The van der Waals surface area contributed by atoms with E-state index in [-0.39, 0.29) is 0 Å².